The van der Waals surface area contributed by atoms with Gasteiger partial charge in [0.05, 0.1) is 6.61 Å². The summed E-state index contributed by atoms with van der Waals surface area (Å²) in [5, 5.41) is 21.6. The number of hydrogen-bond acceptors (Lipinski definition) is 3. The van der Waals surface area contributed by atoms with Gasteiger partial charge in [-0.15, -0.1) is 0 Å². The third kappa shape index (κ3) is 2.92. The van der Waals surface area contributed by atoms with Crippen molar-refractivity contribution in [1.29, 1.82) is 0 Å². The first-order valence-electron chi connectivity index (χ1n) is 5.55. The fraction of sp³-hybridized carbons (Fsp3) is 0.909. The van der Waals surface area contributed by atoms with E-state index >= 15 is 0 Å². The minimum atomic E-state index is -0.829. The number of aliphatic carboxylic acids is 1. The molecule has 0 aromatic heterocycles. The number of rotatable bonds is 4. The van der Waals surface area contributed by atoms with Crippen molar-refractivity contribution in [2.45, 2.75) is 57.0 Å². The molecule has 0 aromatic rings. The molecule has 1 fully saturated rings. The van der Waals surface area contributed by atoms with Gasteiger partial charge in [-0.2, -0.15) is 0 Å². The molecule has 0 unspecified atom stereocenters. The highest BCUT2D eigenvalue weighted by atomic mass is 16.4. The molecule has 0 atom stereocenters. The van der Waals surface area contributed by atoms with Crippen LogP contribution >= 0.6 is 0 Å². The molecule has 0 amide bonds. The molecule has 88 valence electrons. The highest BCUT2D eigenvalue weighted by Crippen LogP contribution is 2.30. The van der Waals surface area contributed by atoms with Gasteiger partial charge in [-0.3, -0.25) is 10.1 Å². The monoisotopic (exact) mass is 215 g/mol. The summed E-state index contributed by atoms with van der Waals surface area (Å²) >= 11 is 0. The molecule has 0 saturated heterocycles. The quantitative estimate of drug-likeness (QED) is 0.657. The predicted octanol–water partition coefficient (Wildman–Crippen LogP) is 1.13. The smallest absolute Gasteiger partial charge is 0.323 e. The van der Waals surface area contributed by atoms with E-state index in [-0.39, 0.29) is 6.61 Å². The molecule has 0 spiro atoms. The lowest BCUT2D eigenvalue weighted by Gasteiger charge is -2.40. The molecule has 4 heteroatoms. The van der Waals surface area contributed by atoms with Crippen LogP contribution in [0.3, 0.4) is 0 Å². The second-order valence-corrected chi connectivity index (χ2v) is 5.11. The van der Waals surface area contributed by atoms with Gasteiger partial charge < -0.3 is 10.2 Å². The van der Waals surface area contributed by atoms with Crippen molar-refractivity contribution in [3.05, 3.63) is 0 Å². The maximum atomic E-state index is 11.3. The van der Waals surface area contributed by atoms with Crippen LogP contribution in [0.2, 0.25) is 0 Å². The molecule has 3 N–H and O–H groups in total. The van der Waals surface area contributed by atoms with Crippen molar-refractivity contribution < 1.29 is 15.0 Å². The Morgan fingerprint density at radius 1 is 1.33 bits per heavy atom. The Hall–Kier alpha value is -0.610. The third-order valence-corrected chi connectivity index (χ3v) is 3.09. The normalized spacial score (nSPS) is 21.3. The molecule has 1 saturated carbocycles. The van der Waals surface area contributed by atoms with E-state index in [9.17, 15) is 9.90 Å². The lowest BCUT2D eigenvalue weighted by molar-refractivity contribution is -0.147. The average Bonchev–Trinajstić information content (AvgIpc) is 2.18. The first-order chi connectivity index (χ1) is 6.92. The van der Waals surface area contributed by atoms with E-state index < -0.39 is 17.0 Å². The van der Waals surface area contributed by atoms with Crippen LogP contribution in [-0.2, 0) is 4.79 Å². The number of hydrogen-bond donors (Lipinski definition) is 3. The van der Waals surface area contributed by atoms with Crippen LogP contribution in [0.25, 0.3) is 0 Å². The minimum Gasteiger partial charge on any atom is -0.480 e. The zero-order valence-electron chi connectivity index (χ0n) is 9.55. The summed E-state index contributed by atoms with van der Waals surface area (Å²) in [4.78, 5) is 11.3. The van der Waals surface area contributed by atoms with Crippen molar-refractivity contribution >= 4 is 5.97 Å². The number of carboxylic acids is 1. The topological polar surface area (TPSA) is 69.6 Å². The number of nitrogens with one attached hydrogen (secondary N) is 1. The Morgan fingerprint density at radius 2 is 1.87 bits per heavy atom. The van der Waals surface area contributed by atoms with E-state index in [2.05, 4.69) is 5.32 Å². The maximum Gasteiger partial charge on any atom is 0.323 e. The zero-order chi connectivity index (χ0) is 11.5. The maximum absolute atomic E-state index is 11.3. The van der Waals surface area contributed by atoms with E-state index in [4.69, 9.17) is 5.11 Å². The largest absolute Gasteiger partial charge is 0.480 e. The summed E-state index contributed by atoms with van der Waals surface area (Å²) in [5.74, 6) is -0.788. The van der Waals surface area contributed by atoms with Gasteiger partial charge in [0.15, 0.2) is 0 Å². The molecular formula is C11H21NO3. The summed E-state index contributed by atoms with van der Waals surface area (Å²) in [5.41, 5.74) is -1.36. The number of aliphatic hydroxyl groups excluding tert-OH is 1. The lowest BCUT2D eigenvalue weighted by atomic mass is 9.80. The number of aliphatic hydroxyl groups is 1. The van der Waals surface area contributed by atoms with Gasteiger partial charge in [-0.25, -0.2) is 0 Å². The molecule has 1 aliphatic carbocycles. The summed E-state index contributed by atoms with van der Waals surface area (Å²) < 4.78 is 0. The lowest BCUT2D eigenvalue weighted by Crippen LogP contribution is -2.61. The van der Waals surface area contributed by atoms with Crippen molar-refractivity contribution in [3.8, 4) is 0 Å². The molecule has 0 radical (unpaired) electrons. The molecule has 15 heavy (non-hydrogen) atoms. The Bertz CT molecular complexity index is 232. The van der Waals surface area contributed by atoms with Crippen LogP contribution in [-0.4, -0.2) is 33.9 Å². The first kappa shape index (κ1) is 12.5. The SMILES string of the molecule is CC(C)(CO)NC1(C(=O)O)CCCCC1. The fourth-order valence-electron chi connectivity index (χ4n) is 2.23. The van der Waals surface area contributed by atoms with Crippen molar-refractivity contribution in [2.75, 3.05) is 6.61 Å². The van der Waals surface area contributed by atoms with Crippen LogP contribution in [0.15, 0.2) is 0 Å². The molecule has 1 rings (SSSR count). The number of carbonyl (C=O) groups is 1. The Balaban J connectivity index is 2.77. The average molecular weight is 215 g/mol. The van der Waals surface area contributed by atoms with E-state index in [0.717, 1.165) is 19.3 Å². The summed E-state index contributed by atoms with van der Waals surface area (Å²) in [7, 11) is 0. The van der Waals surface area contributed by atoms with Crippen molar-refractivity contribution in [1.82, 2.24) is 5.32 Å². The molecule has 1 aliphatic rings. The third-order valence-electron chi connectivity index (χ3n) is 3.09. The van der Waals surface area contributed by atoms with Crippen molar-refractivity contribution in [2.24, 2.45) is 0 Å². The zero-order valence-corrected chi connectivity index (χ0v) is 9.55. The van der Waals surface area contributed by atoms with Crippen molar-refractivity contribution in [3.63, 3.8) is 0 Å². The van der Waals surface area contributed by atoms with Gasteiger partial charge in [0.25, 0.3) is 0 Å². The van der Waals surface area contributed by atoms with E-state index in [0.29, 0.717) is 12.8 Å². The first-order valence-corrected chi connectivity index (χ1v) is 5.55. The van der Waals surface area contributed by atoms with Gasteiger partial charge in [0.2, 0.25) is 0 Å². The second-order valence-electron chi connectivity index (χ2n) is 5.11. The molecule has 0 heterocycles. The van der Waals surface area contributed by atoms with E-state index in [1.807, 2.05) is 13.8 Å². The summed E-state index contributed by atoms with van der Waals surface area (Å²) in [6.45, 7) is 3.60. The molecule has 0 bridgehead atoms. The van der Waals surface area contributed by atoms with Gasteiger partial charge in [-0.05, 0) is 26.7 Å². The van der Waals surface area contributed by atoms with E-state index in [1.165, 1.54) is 0 Å². The van der Waals surface area contributed by atoms with Gasteiger partial charge >= 0.3 is 5.97 Å². The highest BCUT2D eigenvalue weighted by molar-refractivity contribution is 5.79. The van der Waals surface area contributed by atoms with Gasteiger partial charge in [0, 0.05) is 5.54 Å². The predicted molar refractivity (Wildman–Crippen MR) is 57.8 cm³/mol. The van der Waals surface area contributed by atoms with Crippen LogP contribution in [0.4, 0.5) is 0 Å². The Kier molecular flexibility index (Phi) is 3.73. The van der Waals surface area contributed by atoms with Crippen LogP contribution in [0.1, 0.15) is 46.0 Å². The van der Waals surface area contributed by atoms with Gasteiger partial charge in [0.1, 0.15) is 5.54 Å². The molecule has 0 aliphatic heterocycles. The Morgan fingerprint density at radius 3 is 2.27 bits per heavy atom. The highest BCUT2D eigenvalue weighted by Gasteiger charge is 2.42. The summed E-state index contributed by atoms with van der Waals surface area (Å²) in [6.07, 6.45) is 4.31. The van der Waals surface area contributed by atoms with Crippen LogP contribution < -0.4 is 5.32 Å². The van der Waals surface area contributed by atoms with E-state index in [1.54, 1.807) is 0 Å². The molecular weight excluding hydrogens is 194 g/mol. The second kappa shape index (κ2) is 4.49. The van der Waals surface area contributed by atoms with Gasteiger partial charge in [-0.1, -0.05) is 19.3 Å². The molecule has 4 nitrogen and oxygen atoms in total. The Labute approximate surface area is 90.7 Å². The summed E-state index contributed by atoms with van der Waals surface area (Å²) in [6, 6.07) is 0. The van der Waals surface area contributed by atoms with Crippen LogP contribution in [0.5, 0.6) is 0 Å². The van der Waals surface area contributed by atoms with Crippen LogP contribution in [0, 0.1) is 0 Å². The standard InChI is InChI=1S/C11H21NO3/c1-10(2,8-13)12-11(9(14)15)6-4-3-5-7-11/h12-13H,3-8H2,1-2H3,(H,14,15). The fourth-order valence-corrected chi connectivity index (χ4v) is 2.23. The molecule has 0 aromatic carbocycles. The minimum absolute atomic E-state index is 0.0535. The number of carboxylic acid groups (broad SMARTS) is 1.